The Morgan fingerprint density at radius 1 is 1.46 bits per heavy atom. The Bertz CT molecular complexity index is 680. The van der Waals surface area contributed by atoms with Crippen molar-refractivity contribution in [1.29, 1.82) is 0 Å². The fourth-order valence-electron chi connectivity index (χ4n) is 3.07. The third kappa shape index (κ3) is 4.92. The molecule has 2 aromatic heterocycles. The van der Waals surface area contributed by atoms with E-state index < -0.39 is 0 Å². The molecule has 1 N–H and O–H groups in total. The summed E-state index contributed by atoms with van der Waals surface area (Å²) in [5, 5.41) is 8.80. The van der Waals surface area contributed by atoms with Gasteiger partial charge in [0, 0.05) is 44.5 Å². The molecule has 1 unspecified atom stereocenters. The second-order valence-electron chi connectivity index (χ2n) is 6.09. The number of aromatic nitrogens is 3. The monoisotopic (exact) mass is 460 g/mol. The molecule has 3 rings (SSSR count). The quantitative estimate of drug-likeness (QED) is 0.433. The SMILES string of the molecule is CN=C(NCc1ncc(C)s1)N1CCC(Cc2cnn(C)c2)C1.I. The summed E-state index contributed by atoms with van der Waals surface area (Å²) in [7, 11) is 3.82. The van der Waals surface area contributed by atoms with Gasteiger partial charge in [-0.1, -0.05) is 0 Å². The van der Waals surface area contributed by atoms with Gasteiger partial charge in [-0.15, -0.1) is 35.3 Å². The molecule has 6 nitrogen and oxygen atoms in total. The van der Waals surface area contributed by atoms with E-state index in [1.165, 1.54) is 16.9 Å². The highest BCUT2D eigenvalue weighted by Gasteiger charge is 2.25. The van der Waals surface area contributed by atoms with Crippen molar-refractivity contribution in [3.8, 4) is 0 Å². The van der Waals surface area contributed by atoms with Crippen LogP contribution in [0.5, 0.6) is 0 Å². The van der Waals surface area contributed by atoms with E-state index >= 15 is 0 Å². The lowest BCUT2D eigenvalue weighted by molar-refractivity contribution is 0.459. The molecule has 3 heterocycles. The van der Waals surface area contributed by atoms with E-state index in [1.54, 1.807) is 11.3 Å². The average Bonchev–Trinajstić information content (AvgIpc) is 3.24. The number of hydrogen-bond donors (Lipinski definition) is 1. The Morgan fingerprint density at radius 2 is 2.29 bits per heavy atom. The number of guanidine groups is 1. The molecule has 2 aromatic rings. The molecule has 0 bridgehead atoms. The van der Waals surface area contributed by atoms with Crippen molar-refractivity contribution in [1.82, 2.24) is 25.0 Å². The Balaban J connectivity index is 0.00000208. The Morgan fingerprint density at radius 3 is 2.92 bits per heavy atom. The lowest BCUT2D eigenvalue weighted by atomic mass is 10.0. The normalized spacial score (nSPS) is 17.9. The van der Waals surface area contributed by atoms with Gasteiger partial charge in [0.2, 0.25) is 0 Å². The molecule has 24 heavy (non-hydrogen) atoms. The summed E-state index contributed by atoms with van der Waals surface area (Å²) in [6.07, 6.45) is 8.30. The van der Waals surface area contributed by atoms with Gasteiger partial charge in [0.15, 0.2) is 5.96 Å². The zero-order chi connectivity index (χ0) is 16.2. The van der Waals surface area contributed by atoms with Crippen LogP contribution in [-0.4, -0.2) is 45.8 Å². The first kappa shape index (κ1) is 19.2. The van der Waals surface area contributed by atoms with Crippen molar-refractivity contribution in [3.05, 3.63) is 34.0 Å². The van der Waals surface area contributed by atoms with Crippen LogP contribution in [0.3, 0.4) is 0 Å². The number of halogens is 1. The second kappa shape index (κ2) is 8.80. The highest BCUT2D eigenvalue weighted by molar-refractivity contribution is 14.0. The van der Waals surface area contributed by atoms with Gasteiger partial charge in [0.1, 0.15) is 5.01 Å². The average molecular weight is 460 g/mol. The molecule has 1 aliphatic rings. The van der Waals surface area contributed by atoms with Crippen LogP contribution in [0.15, 0.2) is 23.6 Å². The molecule has 0 aliphatic carbocycles. The van der Waals surface area contributed by atoms with Crippen LogP contribution in [0.4, 0.5) is 0 Å². The van der Waals surface area contributed by atoms with Gasteiger partial charge in [-0.3, -0.25) is 9.67 Å². The molecule has 132 valence electrons. The molecule has 0 saturated carbocycles. The lowest BCUT2D eigenvalue weighted by Crippen LogP contribution is -2.39. The third-order valence-corrected chi connectivity index (χ3v) is 5.06. The molecule has 0 spiro atoms. The molecule has 0 aromatic carbocycles. The van der Waals surface area contributed by atoms with E-state index in [2.05, 4.69) is 38.4 Å². The van der Waals surface area contributed by atoms with Gasteiger partial charge in [0.25, 0.3) is 0 Å². The van der Waals surface area contributed by atoms with Crippen molar-refractivity contribution in [3.63, 3.8) is 0 Å². The van der Waals surface area contributed by atoms with Crippen LogP contribution in [0.1, 0.15) is 21.9 Å². The Labute approximate surface area is 164 Å². The van der Waals surface area contributed by atoms with E-state index in [4.69, 9.17) is 0 Å². The van der Waals surface area contributed by atoms with Crippen LogP contribution < -0.4 is 5.32 Å². The molecule has 1 aliphatic heterocycles. The minimum atomic E-state index is 0. The number of thiazole rings is 1. The highest BCUT2D eigenvalue weighted by atomic mass is 127. The summed E-state index contributed by atoms with van der Waals surface area (Å²) in [4.78, 5) is 12.4. The lowest BCUT2D eigenvalue weighted by Gasteiger charge is -2.21. The number of aliphatic imine (C=N–C) groups is 1. The predicted molar refractivity (Wildman–Crippen MR) is 109 cm³/mol. The van der Waals surface area contributed by atoms with Crippen molar-refractivity contribution in [2.75, 3.05) is 20.1 Å². The van der Waals surface area contributed by atoms with E-state index in [9.17, 15) is 0 Å². The van der Waals surface area contributed by atoms with E-state index in [1.807, 2.05) is 31.2 Å². The molecule has 1 saturated heterocycles. The number of nitrogens with one attached hydrogen (secondary N) is 1. The van der Waals surface area contributed by atoms with E-state index in [0.717, 1.165) is 37.0 Å². The van der Waals surface area contributed by atoms with E-state index in [0.29, 0.717) is 5.92 Å². The maximum absolute atomic E-state index is 4.43. The summed E-state index contributed by atoms with van der Waals surface area (Å²) in [5.74, 6) is 1.64. The first-order valence-corrected chi connectivity index (χ1v) is 8.80. The molecule has 1 atom stereocenters. The summed E-state index contributed by atoms with van der Waals surface area (Å²) in [6, 6.07) is 0. The molecular weight excluding hydrogens is 435 g/mol. The minimum Gasteiger partial charge on any atom is -0.350 e. The minimum absolute atomic E-state index is 0. The molecular formula is C16H25IN6S. The van der Waals surface area contributed by atoms with Gasteiger partial charge in [-0.2, -0.15) is 5.10 Å². The predicted octanol–water partition coefficient (Wildman–Crippen LogP) is 2.44. The fourth-order valence-corrected chi connectivity index (χ4v) is 3.80. The van der Waals surface area contributed by atoms with Crippen molar-refractivity contribution < 1.29 is 0 Å². The number of aryl methyl sites for hydroxylation is 2. The standard InChI is InChI=1S/C16H24N6S.HI/c1-12-7-18-15(23-12)9-19-16(17-2)22-5-4-13(11-22)6-14-8-20-21(3)10-14;/h7-8,10,13H,4-6,9,11H2,1-3H3,(H,17,19);1H. The maximum atomic E-state index is 4.43. The highest BCUT2D eigenvalue weighted by Crippen LogP contribution is 2.21. The van der Waals surface area contributed by atoms with Gasteiger partial charge < -0.3 is 10.2 Å². The van der Waals surface area contributed by atoms with E-state index in [-0.39, 0.29) is 24.0 Å². The zero-order valence-electron chi connectivity index (χ0n) is 14.4. The molecule has 0 radical (unpaired) electrons. The van der Waals surface area contributed by atoms with Crippen molar-refractivity contribution in [2.45, 2.75) is 26.3 Å². The molecule has 1 fully saturated rings. The molecule has 0 amide bonds. The van der Waals surface area contributed by atoms with Crippen molar-refractivity contribution in [2.24, 2.45) is 18.0 Å². The van der Waals surface area contributed by atoms with Crippen molar-refractivity contribution >= 4 is 41.3 Å². The van der Waals surface area contributed by atoms with Crippen LogP contribution in [0, 0.1) is 12.8 Å². The Kier molecular flexibility index (Phi) is 7.02. The summed E-state index contributed by atoms with van der Waals surface area (Å²) in [5.41, 5.74) is 1.32. The number of likely N-dealkylation sites (tertiary alicyclic amines) is 1. The van der Waals surface area contributed by atoms with Gasteiger partial charge in [-0.25, -0.2) is 4.98 Å². The maximum Gasteiger partial charge on any atom is 0.194 e. The van der Waals surface area contributed by atoms with Crippen LogP contribution >= 0.6 is 35.3 Å². The van der Waals surface area contributed by atoms with Gasteiger partial charge in [0.05, 0.1) is 12.7 Å². The topological polar surface area (TPSA) is 58.3 Å². The number of rotatable bonds is 4. The molecule has 8 heteroatoms. The van der Waals surface area contributed by atoms with Gasteiger partial charge >= 0.3 is 0 Å². The Hall–Kier alpha value is -1.16. The fraction of sp³-hybridized carbons (Fsp3) is 0.562. The zero-order valence-corrected chi connectivity index (χ0v) is 17.5. The largest absolute Gasteiger partial charge is 0.350 e. The smallest absolute Gasteiger partial charge is 0.194 e. The number of nitrogens with zero attached hydrogens (tertiary/aromatic N) is 5. The first-order valence-electron chi connectivity index (χ1n) is 7.98. The summed E-state index contributed by atoms with van der Waals surface area (Å²) >= 11 is 1.73. The third-order valence-electron chi connectivity index (χ3n) is 4.15. The summed E-state index contributed by atoms with van der Waals surface area (Å²) < 4.78 is 1.87. The van der Waals surface area contributed by atoms with Crippen LogP contribution in [-0.2, 0) is 20.0 Å². The second-order valence-corrected chi connectivity index (χ2v) is 7.41. The van der Waals surface area contributed by atoms with Crippen LogP contribution in [0.25, 0.3) is 0 Å². The number of hydrogen-bond acceptors (Lipinski definition) is 4. The first-order chi connectivity index (χ1) is 11.1. The summed E-state index contributed by atoms with van der Waals surface area (Å²) in [6.45, 7) is 4.93. The van der Waals surface area contributed by atoms with Crippen LogP contribution in [0.2, 0.25) is 0 Å². The van der Waals surface area contributed by atoms with Gasteiger partial charge in [-0.05, 0) is 31.2 Å².